The number of halogens is 2. The van der Waals surface area contributed by atoms with E-state index in [0.717, 1.165) is 11.6 Å². The van der Waals surface area contributed by atoms with Crippen molar-refractivity contribution >= 4 is 22.6 Å². The fraction of sp³-hybridized carbons (Fsp3) is 0.438. The van der Waals surface area contributed by atoms with Gasteiger partial charge in [0.2, 0.25) is 0 Å². The summed E-state index contributed by atoms with van der Waals surface area (Å²) in [7, 11) is 0. The number of H-pyrrole nitrogens is 1. The predicted octanol–water partition coefficient (Wildman–Crippen LogP) is 1.99. The molecule has 1 aliphatic heterocycles. The second kappa shape index (κ2) is 6.14. The number of nitrogens with one attached hydrogen (secondary N) is 2. The van der Waals surface area contributed by atoms with E-state index in [9.17, 15) is 14.0 Å². The Bertz CT molecular complexity index is 947. The van der Waals surface area contributed by atoms with E-state index in [1.54, 1.807) is 0 Å². The molecule has 0 spiro atoms. The smallest absolute Gasteiger partial charge is 0.308 e. The van der Waals surface area contributed by atoms with Crippen LogP contribution in [0, 0.1) is 11.7 Å². The zero-order valence-electron chi connectivity index (χ0n) is 13.6. The first-order valence-corrected chi connectivity index (χ1v) is 8.09. The van der Waals surface area contributed by atoms with Crippen LogP contribution in [0.3, 0.4) is 0 Å². The average Bonchev–Trinajstić information content (AvgIpc) is 2.50. The van der Waals surface area contributed by atoms with E-state index < -0.39 is 17.1 Å². The topological polar surface area (TPSA) is 79.8 Å². The van der Waals surface area contributed by atoms with Crippen LogP contribution in [0.1, 0.15) is 26.8 Å². The summed E-state index contributed by atoms with van der Waals surface area (Å²) in [5, 5.41) is 3.00. The SMILES string of the molecule is CC1=CCN[C@@H](C(C)C)[C@H]1n1c(=O)[nH]c(=O)c2cc(F)c(Cl)nc21. The lowest BCUT2D eigenvalue weighted by Crippen LogP contribution is -2.49. The zero-order chi connectivity index (χ0) is 17.6. The van der Waals surface area contributed by atoms with Crippen LogP contribution < -0.4 is 16.6 Å². The van der Waals surface area contributed by atoms with Crippen molar-refractivity contribution in [3.63, 3.8) is 0 Å². The molecule has 2 aromatic rings. The maximum absolute atomic E-state index is 13.7. The van der Waals surface area contributed by atoms with Crippen molar-refractivity contribution in [1.29, 1.82) is 0 Å². The Balaban J connectivity index is 2.38. The predicted molar refractivity (Wildman–Crippen MR) is 91.0 cm³/mol. The molecule has 0 unspecified atom stereocenters. The Morgan fingerprint density at radius 1 is 1.42 bits per heavy atom. The molecule has 0 radical (unpaired) electrons. The van der Waals surface area contributed by atoms with Crippen LogP contribution in [0.25, 0.3) is 11.0 Å². The van der Waals surface area contributed by atoms with Gasteiger partial charge >= 0.3 is 5.69 Å². The molecule has 0 bridgehead atoms. The van der Waals surface area contributed by atoms with Gasteiger partial charge in [0.05, 0.1) is 11.4 Å². The Hall–Kier alpha value is -1.99. The van der Waals surface area contributed by atoms with Crippen LogP contribution >= 0.6 is 11.6 Å². The minimum absolute atomic E-state index is 0.00243. The number of hydrogen-bond donors (Lipinski definition) is 2. The van der Waals surface area contributed by atoms with Gasteiger partial charge in [-0.25, -0.2) is 14.2 Å². The number of hydrogen-bond acceptors (Lipinski definition) is 4. The maximum atomic E-state index is 13.7. The molecule has 1 aliphatic rings. The summed E-state index contributed by atoms with van der Waals surface area (Å²) in [6, 6.07) is 0.631. The Morgan fingerprint density at radius 2 is 2.12 bits per heavy atom. The molecule has 6 nitrogen and oxygen atoms in total. The van der Waals surface area contributed by atoms with Gasteiger partial charge in [0.1, 0.15) is 0 Å². The summed E-state index contributed by atoms with van der Waals surface area (Å²) < 4.78 is 15.1. The number of pyridine rings is 1. The quantitative estimate of drug-likeness (QED) is 0.640. The van der Waals surface area contributed by atoms with Crippen molar-refractivity contribution in [3.05, 3.63) is 49.5 Å². The molecule has 0 fully saturated rings. The van der Waals surface area contributed by atoms with E-state index in [0.29, 0.717) is 6.54 Å². The highest BCUT2D eigenvalue weighted by Gasteiger charge is 2.32. The molecule has 3 rings (SSSR count). The Kier molecular flexibility index (Phi) is 4.31. The lowest BCUT2D eigenvalue weighted by molar-refractivity contribution is 0.303. The zero-order valence-corrected chi connectivity index (χ0v) is 14.3. The van der Waals surface area contributed by atoms with Gasteiger partial charge in [-0.1, -0.05) is 37.1 Å². The van der Waals surface area contributed by atoms with E-state index in [1.807, 2.05) is 26.8 Å². The third-order valence-corrected chi connectivity index (χ3v) is 4.67. The number of aromatic amines is 1. The van der Waals surface area contributed by atoms with Crippen LogP contribution in [0.2, 0.25) is 5.15 Å². The summed E-state index contributed by atoms with van der Waals surface area (Å²) in [5.41, 5.74) is -0.206. The van der Waals surface area contributed by atoms with Crippen molar-refractivity contribution < 1.29 is 4.39 Å². The van der Waals surface area contributed by atoms with Crippen molar-refractivity contribution in [2.24, 2.45) is 5.92 Å². The number of nitrogens with zero attached hydrogens (tertiary/aromatic N) is 2. The maximum Gasteiger partial charge on any atom is 0.330 e. The van der Waals surface area contributed by atoms with E-state index in [-0.39, 0.29) is 34.2 Å². The van der Waals surface area contributed by atoms with Crippen molar-refractivity contribution in [2.75, 3.05) is 6.54 Å². The molecule has 2 atom stereocenters. The van der Waals surface area contributed by atoms with Gasteiger partial charge in [0.25, 0.3) is 5.56 Å². The largest absolute Gasteiger partial charge is 0.330 e. The van der Waals surface area contributed by atoms with Gasteiger partial charge in [-0.3, -0.25) is 14.3 Å². The first-order chi connectivity index (χ1) is 11.3. The summed E-state index contributed by atoms with van der Waals surface area (Å²) >= 11 is 5.79. The summed E-state index contributed by atoms with van der Waals surface area (Å²) in [6.45, 7) is 6.71. The second-order valence-corrected chi connectivity index (χ2v) is 6.69. The van der Waals surface area contributed by atoms with E-state index in [4.69, 9.17) is 11.6 Å². The first kappa shape index (κ1) is 16.9. The number of rotatable bonds is 2. The third-order valence-electron chi connectivity index (χ3n) is 4.41. The van der Waals surface area contributed by atoms with E-state index in [2.05, 4.69) is 15.3 Å². The van der Waals surface area contributed by atoms with Crippen LogP contribution in [0.5, 0.6) is 0 Å². The van der Waals surface area contributed by atoms with Gasteiger partial charge in [0.15, 0.2) is 16.6 Å². The monoisotopic (exact) mass is 352 g/mol. The summed E-state index contributed by atoms with van der Waals surface area (Å²) in [5.74, 6) is -0.572. The highest BCUT2D eigenvalue weighted by Crippen LogP contribution is 2.29. The molecule has 3 heterocycles. The highest BCUT2D eigenvalue weighted by molar-refractivity contribution is 6.29. The minimum Gasteiger partial charge on any atom is -0.308 e. The van der Waals surface area contributed by atoms with Crippen LogP contribution in [0.15, 0.2) is 27.3 Å². The van der Waals surface area contributed by atoms with Crippen molar-refractivity contribution in [1.82, 2.24) is 19.9 Å². The minimum atomic E-state index is -0.797. The number of fused-ring (bicyclic) bond motifs is 1. The Morgan fingerprint density at radius 3 is 2.79 bits per heavy atom. The molecule has 0 saturated carbocycles. The molecule has 24 heavy (non-hydrogen) atoms. The second-order valence-electron chi connectivity index (χ2n) is 6.33. The lowest BCUT2D eigenvalue weighted by Gasteiger charge is -2.36. The average molecular weight is 353 g/mol. The molecule has 0 aliphatic carbocycles. The van der Waals surface area contributed by atoms with E-state index in [1.165, 1.54) is 4.57 Å². The molecular weight excluding hydrogens is 335 g/mol. The molecule has 0 aromatic carbocycles. The molecule has 8 heteroatoms. The lowest BCUT2D eigenvalue weighted by atomic mass is 9.88. The van der Waals surface area contributed by atoms with Gasteiger partial charge in [0, 0.05) is 12.6 Å². The first-order valence-electron chi connectivity index (χ1n) is 7.72. The van der Waals surface area contributed by atoms with Gasteiger partial charge in [-0.2, -0.15) is 0 Å². The van der Waals surface area contributed by atoms with Gasteiger partial charge < -0.3 is 5.32 Å². The van der Waals surface area contributed by atoms with Gasteiger partial charge in [-0.05, 0) is 18.9 Å². The van der Waals surface area contributed by atoms with Crippen molar-refractivity contribution in [2.45, 2.75) is 32.9 Å². The van der Waals surface area contributed by atoms with Crippen LogP contribution in [-0.4, -0.2) is 27.1 Å². The molecule has 128 valence electrons. The standard InChI is InChI=1S/C16H18ClFN4O2/c1-7(2)11-12(8(3)4-5-19-11)22-14-9(15(23)21-16(22)24)6-10(18)13(17)20-14/h4,6-7,11-12,19H,5H2,1-3H3,(H,21,23,24)/t11-,12-/m0/s1. The molecular formula is C16H18ClFN4O2. The van der Waals surface area contributed by atoms with Crippen molar-refractivity contribution in [3.8, 4) is 0 Å². The molecule has 2 aromatic heterocycles. The molecule has 2 N–H and O–H groups in total. The fourth-order valence-electron chi connectivity index (χ4n) is 3.22. The van der Waals surface area contributed by atoms with Gasteiger partial charge in [-0.15, -0.1) is 0 Å². The number of aromatic nitrogens is 3. The summed E-state index contributed by atoms with van der Waals surface area (Å²) in [6.07, 6.45) is 1.98. The van der Waals surface area contributed by atoms with Crippen LogP contribution in [-0.2, 0) is 0 Å². The van der Waals surface area contributed by atoms with E-state index >= 15 is 0 Å². The molecule has 0 amide bonds. The fourth-order valence-corrected chi connectivity index (χ4v) is 3.36. The normalized spacial score (nSPS) is 21.3. The highest BCUT2D eigenvalue weighted by atomic mass is 35.5. The van der Waals surface area contributed by atoms with Crippen LogP contribution in [0.4, 0.5) is 4.39 Å². The Labute approximate surface area is 142 Å². The third kappa shape index (κ3) is 2.67. The summed E-state index contributed by atoms with van der Waals surface area (Å²) in [4.78, 5) is 30.8. The molecule has 0 saturated heterocycles.